The van der Waals surface area contributed by atoms with Crippen LogP contribution in [0.1, 0.15) is 27.6 Å². The van der Waals surface area contributed by atoms with E-state index in [9.17, 15) is 4.79 Å². The first-order valence-corrected chi connectivity index (χ1v) is 5.90. The van der Waals surface area contributed by atoms with Crippen molar-refractivity contribution in [2.75, 3.05) is 6.54 Å². The summed E-state index contributed by atoms with van der Waals surface area (Å²) in [6.07, 6.45) is 0.870. The monoisotopic (exact) mass is 243 g/mol. The molecule has 1 aliphatic rings. The molecule has 92 valence electrons. The molecule has 0 atom stereocenters. The Morgan fingerprint density at radius 1 is 1.39 bits per heavy atom. The smallest absolute Gasteiger partial charge is 0.254 e. The van der Waals surface area contributed by atoms with Crippen LogP contribution in [0, 0.1) is 6.92 Å². The molecule has 0 saturated heterocycles. The highest BCUT2D eigenvalue weighted by Crippen LogP contribution is 2.19. The van der Waals surface area contributed by atoms with Crippen molar-refractivity contribution < 1.29 is 9.32 Å². The molecule has 2 aromatic rings. The van der Waals surface area contributed by atoms with Crippen LogP contribution < -0.4 is 0 Å². The van der Waals surface area contributed by atoms with Crippen LogP contribution >= 0.6 is 0 Å². The number of aryl methyl sites for hydroxylation is 1. The first-order valence-electron chi connectivity index (χ1n) is 5.90. The van der Waals surface area contributed by atoms with E-state index in [2.05, 4.69) is 10.1 Å². The van der Waals surface area contributed by atoms with Crippen molar-refractivity contribution in [3.63, 3.8) is 0 Å². The molecule has 0 saturated carbocycles. The molecule has 2 heterocycles. The summed E-state index contributed by atoms with van der Waals surface area (Å²) in [5, 5.41) is 3.73. The van der Waals surface area contributed by atoms with Crippen LogP contribution in [-0.2, 0) is 13.0 Å². The molecule has 0 radical (unpaired) electrons. The number of hydrogen-bond acceptors (Lipinski definition) is 4. The van der Waals surface area contributed by atoms with E-state index in [1.54, 1.807) is 11.8 Å². The molecule has 0 bridgehead atoms. The normalized spacial score (nSPS) is 14.7. The Morgan fingerprint density at radius 2 is 2.22 bits per heavy atom. The second-order valence-electron chi connectivity index (χ2n) is 4.37. The predicted molar refractivity (Wildman–Crippen MR) is 63.9 cm³/mol. The maximum atomic E-state index is 12.3. The van der Waals surface area contributed by atoms with Crippen molar-refractivity contribution in [2.45, 2.75) is 19.9 Å². The fourth-order valence-corrected chi connectivity index (χ4v) is 2.19. The summed E-state index contributed by atoms with van der Waals surface area (Å²) in [5.41, 5.74) is 1.89. The minimum atomic E-state index is 0.0349. The number of fused-ring (bicyclic) bond motifs is 1. The second-order valence-corrected chi connectivity index (χ2v) is 4.37. The van der Waals surface area contributed by atoms with Gasteiger partial charge in [-0.25, -0.2) is 0 Å². The van der Waals surface area contributed by atoms with Gasteiger partial charge in [-0.05, 0) is 25.0 Å². The number of aromatic nitrogens is 2. The molecule has 1 aliphatic heterocycles. The fourth-order valence-electron chi connectivity index (χ4n) is 2.19. The Bertz CT molecular complexity index is 591. The zero-order valence-electron chi connectivity index (χ0n) is 10.1. The van der Waals surface area contributed by atoms with Gasteiger partial charge in [-0.3, -0.25) is 4.79 Å². The van der Waals surface area contributed by atoms with Crippen molar-refractivity contribution in [1.29, 1.82) is 0 Å². The van der Waals surface area contributed by atoms with Crippen LogP contribution in [0.5, 0.6) is 0 Å². The van der Waals surface area contributed by atoms with E-state index >= 15 is 0 Å². The maximum Gasteiger partial charge on any atom is 0.254 e. The Kier molecular flexibility index (Phi) is 2.59. The fraction of sp³-hybridized carbons (Fsp3) is 0.308. The SMILES string of the molecule is Cc1noc(CN2CCc3ccccc3C2=O)n1. The van der Waals surface area contributed by atoms with Gasteiger partial charge in [0.05, 0.1) is 0 Å². The lowest BCUT2D eigenvalue weighted by atomic mass is 9.99. The highest BCUT2D eigenvalue weighted by Gasteiger charge is 2.25. The third-order valence-electron chi connectivity index (χ3n) is 3.08. The Hall–Kier alpha value is -2.17. The van der Waals surface area contributed by atoms with Gasteiger partial charge in [0, 0.05) is 12.1 Å². The van der Waals surface area contributed by atoms with Crippen molar-refractivity contribution in [2.24, 2.45) is 0 Å². The van der Waals surface area contributed by atoms with E-state index in [0.29, 0.717) is 24.8 Å². The summed E-state index contributed by atoms with van der Waals surface area (Å²) in [6, 6.07) is 7.71. The minimum Gasteiger partial charge on any atom is -0.337 e. The van der Waals surface area contributed by atoms with Crippen LogP contribution in [0.2, 0.25) is 0 Å². The van der Waals surface area contributed by atoms with Crippen molar-refractivity contribution >= 4 is 5.91 Å². The zero-order chi connectivity index (χ0) is 12.5. The van der Waals surface area contributed by atoms with Gasteiger partial charge in [0.1, 0.15) is 6.54 Å². The number of rotatable bonds is 2. The van der Waals surface area contributed by atoms with Gasteiger partial charge in [0.15, 0.2) is 5.82 Å². The van der Waals surface area contributed by atoms with Gasteiger partial charge in [-0.15, -0.1) is 0 Å². The Labute approximate surface area is 104 Å². The Morgan fingerprint density at radius 3 is 3.00 bits per heavy atom. The summed E-state index contributed by atoms with van der Waals surface area (Å²) < 4.78 is 5.05. The molecule has 18 heavy (non-hydrogen) atoms. The lowest BCUT2D eigenvalue weighted by Gasteiger charge is -2.27. The van der Waals surface area contributed by atoms with E-state index in [-0.39, 0.29) is 5.91 Å². The quantitative estimate of drug-likeness (QED) is 0.803. The first kappa shape index (κ1) is 11.0. The molecule has 0 aliphatic carbocycles. The van der Waals surface area contributed by atoms with E-state index in [1.807, 2.05) is 24.3 Å². The number of carbonyl (C=O) groups excluding carboxylic acids is 1. The average molecular weight is 243 g/mol. The summed E-state index contributed by atoms with van der Waals surface area (Å²) in [6.45, 7) is 2.84. The molecule has 1 amide bonds. The van der Waals surface area contributed by atoms with E-state index in [1.165, 1.54) is 0 Å². The molecule has 0 spiro atoms. The van der Waals surface area contributed by atoms with Crippen LogP contribution in [0.15, 0.2) is 28.8 Å². The van der Waals surface area contributed by atoms with Gasteiger partial charge in [0.2, 0.25) is 5.89 Å². The summed E-state index contributed by atoms with van der Waals surface area (Å²) >= 11 is 0. The van der Waals surface area contributed by atoms with Crippen molar-refractivity contribution in [1.82, 2.24) is 15.0 Å². The number of hydrogen-bond donors (Lipinski definition) is 0. The minimum absolute atomic E-state index is 0.0349. The van der Waals surface area contributed by atoms with Crippen LogP contribution in [0.25, 0.3) is 0 Å². The Balaban J connectivity index is 1.82. The van der Waals surface area contributed by atoms with Gasteiger partial charge < -0.3 is 9.42 Å². The standard InChI is InChI=1S/C13H13N3O2/c1-9-14-12(18-15-9)8-16-7-6-10-4-2-3-5-11(10)13(16)17/h2-5H,6-8H2,1H3. The number of nitrogens with zero attached hydrogens (tertiary/aromatic N) is 3. The largest absolute Gasteiger partial charge is 0.337 e. The van der Waals surface area contributed by atoms with E-state index in [4.69, 9.17) is 4.52 Å². The third kappa shape index (κ3) is 1.88. The topological polar surface area (TPSA) is 59.2 Å². The van der Waals surface area contributed by atoms with Gasteiger partial charge >= 0.3 is 0 Å². The molecular formula is C13H13N3O2. The van der Waals surface area contributed by atoms with Gasteiger partial charge in [0.25, 0.3) is 5.91 Å². The van der Waals surface area contributed by atoms with E-state index < -0.39 is 0 Å². The number of carbonyl (C=O) groups is 1. The predicted octanol–water partition coefficient (Wildman–Crippen LogP) is 1.58. The summed E-state index contributed by atoms with van der Waals surface area (Å²) in [4.78, 5) is 18.1. The highest BCUT2D eigenvalue weighted by molar-refractivity contribution is 5.96. The third-order valence-corrected chi connectivity index (χ3v) is 3.08. The summed E-state index contributed by atoms with van der Waals surface area (Å²) in [7, 11) is 0. The second kappa shape index (κ2) is 4.25. The molecule has 5 heteroatoms. The van der Waals surface area contributed by atoms with Gasteiger partial charge in [-0.1, -0.05) is 23.4 Å². The van der Waals surface area contributed by atoms with E-state index in [0.717, 1.165) is 17.5 Å². The first-order chi connectivity index (χ1) is 8.74. The van der Waals surface area contributed by atoms with Crippen LogP contribution in [0.4, 0.5) is 0 Å². The number of benzene rings is 1. The summed E-state index contributed by atoms with van der Waals surface area (Å²) in [5.74, 6) is 1.11. The molecular weight excluding hydrogens is 230 g/mol. The molecule has 3 rings (SSSR count). The molecule has 1 aromatic carbocycles. The van der Waals surface area contributed by atoms with Crippen LogP contribution in [-0.4, -0.2) is 27.5 Å². The molecule has 0 fully saturated rings. The van der Waals surface area contributed by atoms with Crippen molar-refractivity contribution in [3.05, 3.63) is 47.1 Å². The molecule has 5 nitrogen and oxygen atoms in total. The van der Waals surface area contributed by atoms with Crippen LogP contribution in [0.3, 0.4) is 0 Å². The molecule has 0 unspecified atom stereocenters. The highest BCUT2D eigenvalue weighted by atomic mass is 16.5. The van der Waals surface area contributed by atoms with Crippen molar-refractivity contribution in [3.8, 4) is 0 Å². The number of amides is 1. The lowest BCUT2D eigenvalue weighted by Crippen LogP contribution is -2.37. The molecule has 0 N–H and O–H groups in total. The maximum absolute atomic E-state index is 12.3. The molecule has 1 aromatic heterocycles. The van der Waals surface area contributed by atoms with Gasteiger partial charge in [-0.2, -0.15) is 4.98 Å². The average Bonchev–Trinajstić information content (AvgIpc) is 2.79. The lowest BCUT2D eigenvalue weighted by molar-refractivity contribution is 0.0708. The zero-order valence-corrected chi connectivity index (χ0v) is 10.1.